The number of phenolic OH excluding ortho intramolecular Hbond substituents is 1. The van der Waals surface area contributed by atoms with Gasteiger partial charge in [-0.15, -0.1) is 0 Å². The second-order valence-corrected chi connectivity index (χ2v) is 8.50. The van der Waals surface area contributed by atoms with Crippen molar-refractivity contribution in [1.29, 1.82) is 0 Å². The van der Waals surface area contributed by atoms with E-state index in [4.69, 9.17) is 21.1 Å². The zero-order valence-electron chi connectivity index (χ0n) is 19.0. The molecule has 0 unspecified atom stereocenters. The van der Waals surface area contributed by atoms with E-state index in [2.05, 4.69) is 15.6 Å². The maximum Gasteiger partial charge on any atom is 0.293 e. The Kier molecular flexibility index (Phi) is 5.80. The van der Waals surface area contributed by atoms with E-state index >= 15 is 0 Å². The van der Waals surface area contributed by atoms with Crippen LogP contribution in [0.15, 0.2) is 81.6 Å². The van der Waals surface area contributed by atoms with Crippen LogP contribution >= 0.6 is 12.2 Å². The highest BCUT2D eigenvalue weighted by molar-refractivity contribution is 7.80. The molecule has 1 amide bonds. The summed E-state index contributed by atoms with van der Waals surface area (Å²) in [4.78, 5) is 17.0. The van der Waals surface area contributed by atoms with Gasteiger partial charge in [0.15, 0.2) is 16.5 Å². The van der Waals surface area contributed by atoms with Crippen LogP contribution in [0.2, 0.25) is 0 Å². The van der Waals surface area contributed by atoms with Gasteiger partial charge in [-0.2, -0.15) is 0 Å². The Morgan fingerprint density at radius 2 is 1.77 bits per heavy atom. The number of anilines is 1. The lowest BCUT2D eigenvalue weighted by Crippen LogP contribution is -2.33. The van der Waals surface area contributed by atoms with Crippen molar-refractivity contribution in [3.05, 3.63) is 89.7 Å². The Labute approximate surface area is 206 Å². The number of aromatic hydroxyl groups is 1. The third kappa shape index (κ3) is 4.64. The number of hydrogen-bond acceptors (Lipinski definition) is 6. The predicted molar refractivity (Wildman–Crippen MR) is 138 cm³/mol. The Bertz CT molecular complexity index is 1550. The van der Waals surface area contributed by atoms with Gasteiger partial charge in [0.2, 0.25) is 5.89 Å². The summed E-state index contributed by atoms with van der Waals surface area (Å²) in [5.41, 5.74) is 5.47. The molecule has 0 bridgehead atoms. The highest BCUT2D eigenvalue weighted by Crippen LogP contribution is 2.33. The van der Waals surface area contributed by atoms with Gasteiger partial charge in [-0.05, 0) is 79.7 Å². The number of nitrogens with zero attached hydrogens (tertiary/aromatic N) is 1. The average molecular weight is 484 g/mol. The van der Waals surface area contributed by atoms with Crippen LogP contribution in [0.1, 0.15) is 21.7 Å². The van der Waals surface area contributed by atoms with Gasteiger partial charge in [-0.3, -0.25) is 10.1 Å². The topological polar surface area (TPSA) is 101 Å². The van der Waals surface area contributed by atoms with Crippen LogP contribution in [0.4, 0.5) is 5.69 Å². The van der Waals surface area contributed by atoms with E-state index in [1.54, 1.807) is 24.3 Å². The molecule has 5 rings (SSSR count). The molecule has 0 saturated heterocycles. The number of nitrogens with one attached hydrogen (secondary N) is 2. The summed E-state index contributed by atoms with van der Waals surface area (Å²) in [6.45, 7) is 4.06. The Morgan fingerprint density at radius 1 is 0.943 bits per heavy atom. The lowest BCUT2D eigenvalue weighted by Gasteiger charge is -2.10. The first-order valence-electron chi connectivity index (χ1n) is 10.9. The van der Waals surface area contributed by atoms with Crippen LogP contribution in [0.3, 0.4) is 0 Å². The van der Waals surface area contributed by atoms with Crippen LogP contribution in [-0.4, -0.2) is 21.1 Å². The number of fused-ring (bicyclic) bond motifs is 1. The third-order valence-corrected chi connectivity index (χ3v) is 5.83. The zero-order valence-corrected chi connectivity index (χ0v) is 19.8. The minimum atomic E-state index is -0.482. The number of rotatable bonds is 4. The molecule has 0 spiro atoms. The van der Waals surface area contributed by atoms with Gasteiger partial charge in [0.1, 0.15) is 17.0 Å². The van der Waals surface area contributed by atoms with Gasteiger partial charge < -0.3 is 19.3 Å². The first-order valence-corrected chi connectivity index (χ1v) is 11.3. The number of para-hydroxylation sites is 2. The molecule has 0 atom stereocenters. The third-order valence-electron chi connectivity index (χ3n) is 5.63. The van der Waals surface area contributed by atoms with E-state index in [0.717, 1.165) is 11.1 Å². The average Bonchev–Trinajstić information content (AvgIpc) is 3.48. The Hall–Kier alpha value is -4.43. The van der Waals surface area contributed by atoms with Crippen molar-refractivity contribution in [3.63, 3.8) is 0 Å². The molecule has 0 aliphatic rings. The van der Waals surface area contributed by atoms with Crippen molar-refractivity contribution in [1.82, 2.24) is 10.3 Å². The van der Waals surface area contributed by atoms with Crippen molar-refractivity contribution >= 4 is 40.0 Å². The van der Waals surface area contributed by atoms with Gasteiger partial charge >= 0.3 is 0 Å². The van der Waals surface area contributed by atoms with Crippen LogP contribution in [0.5, 0.6) is 5.75 Å². The van der Waals surface area contributed by atoms with Crippen LogP contribution in [0.25, 0.3) is 33.9 Å². The van der Waals surface area contributed by atoms with E-state index < -0.39 is 5.91 Å². The minimum absolute atomic E-state index is 0.0419. The summed E-state index contributed by atoms with van der Waals surface area (Å²) >= 11 is 5.26. The maximum atomic E-state index is 12.6. The number of thiocarbonyl (C=S) groups is 1. The van der Waals surface area contributed by atoms with Gasteiger partial charge in [0.25, 0.3) is 5.91 Å². The molecule has 174 valence electrons. The molecule has 0 saturated carbocycles. The number of carbonyl (C=O) groups is 1. The number of phenols is 1. The van der Waals surface area contributed by atoms with Gasteiger partial charge in [0, 0.05) is 17.3 Å². The molecular formula is C27H21N3O4S. The van der Waals surface area contributed by atoms with Gasteiger partial charge in [-0.1, -0.05) is 24.3 Å². The lowest BCUT2D eigenvalue weighted by atomic mass is 10.1. The first-order chi connectivity index (χ1) is 16.9. The molecular weight excluding hydrogens is 462 g/mol. The molecule has 5 aromatic rings. The molecule has 3 N–H and O–H groups in total. The fourth-order valence-corrected chi connectivity index (χ4v) is 3.83. The van der Waals surface area contributed by atoms with E-state index in [1.807, 2.05) is 56.3 Å². The van der Waals surface area contributed by atoms with E-state index in [1.165, 1.54) is 11.6 Å². The second-order valence-electron chi connectivity index (χ2n) is 8.09. The Morgan fingerprint density at radius 3 is 2.54 bits per heavy atom. The van der Waals surface area contributed by atoms with E-state index in [9.17, 15) is 9.90 Å². The molecule has 0 fully saturated rings. The summed E-state index contributed by atoms with van der Waals surface area (Å²) in [5, 5.41) is 16.0. The van der Waals surface area contributed by atoms with Crippen molar-refractivity contribution < 1.29 is 18.7 Å². The summed E-state index contributed by atoms with van der Waals surface area (Å²) in [6.07, 6.45) is 0. The van der Waals surface area contributed by atoms with Crippen molar-refractivity contribution in [3.8, 4) is 28.5 Å². The summed E-state index contributed by atoms with van der Waals surface area (Å²) in [7, 11) is 0. The summed E-state index contributed by atoms with van der Waals surface area (Å²) in [5.74, 6) is 0.515. The van der Waals surface area contributed by atoms with Crippen LogP contribution in [0, 0.1) is 13.8 Å². The largest absolute Gasteiger partial charge is 0.507 e. The van der Waals surface area contributed by atoms with Crippen LogP contribution in [-0.2, 0) is 0 Å². The highest BCUT2D eigenvalue weighted by Gasteiger charge is 2.16. The quantitative estimate of drug-likeness (QED) is 0.262. The maximum absolute atomic E-state index is 12.6. The molecule has 2 aromatic heterocycles. The second kappa shape index (κ2) is 9.08. The predicted octanol–water partition coefficient (Wildman–Crippen LogP) is 6.20. The number of hydrogen-bond donors (Lipinski definition) is 3. The molecule has 0 aliphatic heterocycles. The number of benzene rings is 3. The number of carbonyl (C=O) groups excluding carboxylic acids is 1. The number of aromatic nitrogens is 1. The van der Waals surface area contributed by atoms with E-state index in [0.29, 0.717) is 34.0 Å². The van der Waals surface area contributed by atoms with Crippen molar-refractivity contribution in [2.45, 2.75) is 13.8 Å². The standard InChI is InChI=1S/C27H21N3O4S/c1-15-7-8-17(13-16(15)2)22-11-12-24(33-22)25(32)30-27(35)28-18-9-10-19(21(31)14-18)26-29-20-5-3-4-6-23(20)34-26/h3-14,31H,1-2H3,(H2,28,30,32,35). The van der Waals surface area contributed by atoms with Crippen molar-refractivity contribution in [2.24, 2.45) is 0 Å². The zero-order chi connectivity index (χ0) is 24.5. The van der Waals surface area contributed by atoms with Crippen molar-refractivity contribution in [2.75, 3.05) is 5.32 Å². The fourth-order valence-electron chi connectivity index (χ4n) is 3.61. The minimum Gasteiger partial charge on any atom is -0.507 e. The molecule has 7 nitrogen and oxygen atoms in total. The molecule has 8 heteroatoms. The number of amides is 1. The van der Waals surface area contributed by atoms with Gasteiger partial charge in [0.05, 0.1) is 5.56 Å². The first kappa shape index (κ1) is 22.4. The summed E-state index contributed by atoms with van der Waals surface area (Å²) < 4.78 is 11.4. The monoisotopic (exact) mass is 483 g/mol. The number of furan rings is 1. The lowest BCUT2D eigenvalue weighted by molar-refractivity contribution is 0.0951. The number of oxazole rings is 1. The molecule has 35 heavy (non-hydrogen) atoms. The van der Waals surface area contributed by atoms with Gasteiger partial charge in [-0.25, -0.2) is 4.98 Å². The molecule has 0 radical (unpaired) electrons. The molecule has 2 heterocycles. The summed E-state index contributed by atoms with van der Waals surface area (Å²) in [6, 6.07) is 21.5. The molecule has 3 aromatic carbocycles. The fraction of sp³-hybridized carbons (Fsp3) is 0.0741. The molecule has 0 aliphatic carbocycles. The van der Waals surface area contributed by atoms with E-state index in [-0.39, 0.29) is 16.6 Å². The Balaban J connectivity index is 1.25. The number of aryl methyl sites for hydroxylation is 2. The smallest absolute Gasteiger partial charge is 0.293 e. The van der Waals surface area contributed by atoms with Crippen LogP contribution < -0.4 is 10.6 Å². The highest BCUT2D eigenvalue weighted by atomic mass is 32.1. The normalized spacial score (nSPS) is 10.9. The SMILES string of the molecule is Cc1ccc(-c2ccc(C(=O)NC(=S)Nc3ccc(-c4nc5ccccc5o4)c(O)c3)o2)cc1C.